The van der Waals surface area contributed by atoms with Crippen LogP contribution in [0.5, 0.6) is 11.5 Å². The predicted molar refractivity (Wildman–Crippen MR) is 109 cm³/mol. The first-order valence-electron chi connectivity index (χ1n) is 9.49. The maximum atomic E-state index is 5.35. The fraction of sp³-hybridized carbons (Fsp3) is 0.409. The molecule has 0 spiro atoms. The number of hydrogen-bond donors (Lipinski definition) is 1. The third kappa shape index (κ3) is 5.01. The molecule has 144 valence electrons. The van der Waals surface area contributed by atoms with Gasteiger partial charge < -0.3 is 14.4 Å². The van der Waals surface area contributed by atoms with Crippen molar-refractivity contribution >= 4 is 6.21 Å². The Balaban J connectivity index is 1.54. The van der Waals surface area contributed by atoms with Crippen molar-refractivity contribution in [2.24, 2.45) is 5.10 Å². The van der Waals surface area contributed by atoms with Crippen molar-refractivity contribution < 1.29 is 14.4 Å². The van der Waals surface area contributed by atoms with Crippen molar-refractivity contribution in [1.29, 1.82) is 0 Å². The number of benzene rings is 2. The van der Waals surface area contributed by atoms with Gasteiger partial charge in [0.2, 0.25) is 0 Å². The summed E-state index contributed by atoms with van der Waals surface area (Å²) in [6, 6.07) is 12.6. The summed E-state index contributed by atoms with van der Waals surface area (Å²) in [5, 5.41) is 6.81. The molecule has 0 aromatic heterocycles. The Bertz CT molecular complexity index is 796. The van der Waals surface area contributed by atoms with Crippen LogP contribution in [0, 0.1) is 13.8 Å². The Hall–Kier alpha value is -2.53. The summed E-state index contributed by atoms with van der Waals surface area (Å²) in [5.74, 6) is 1.46. The van der Waals surface area contributed by atoms with Crippen molar-refractivity contribution in [2.75, 3.05) is 40.4 Å². The molecule has 5 heteroatoms. The van der Waals surface area contributed by atoms with Crippen LogP contribution in [0.3, 0.4) is 0 Å². The van der Waals surface area contributed by atoms with Gasteiger partial charge in [-0.2, -0.15) is 5.10 Å². The van der Waals surface area contributed by atoms with Crippen LogP contribution in [0.15, 0.2) is 41.5 Å². The normalized spacial score (nSPS) is 15.3. The van der Waals surface area contributed by atoms with Gasteiger partial charge in [0.1, 0.15) is 6.54 Å². The first-order valence-corrected chi connectivity index (χ1v) is 9.49. The highest BCUT2D eigenvalue weighted by Gasteiger charge is 2.19. The summed E-state index contributed by atoms with van der Waals surface area (Å²) < 4.78 is 10.6. The van der Waals surface area contributed by atoms with E-state index in [0.29, 0.717) is 0 Å². The molecule has 5 nitrogen and oxygen atoms in total. The number of quaternary nitrogens is 1. The Labute approximate surface area is 162 Å². The number of nitrogens with zero attached hydrogens (tertiary/aromatic N) is 2. The van der Waals surface area contributed by atoms with Crippen molar-refractivity contribution in [3.8, 4) is 11.5 Å². The van der Waals surface area contributed by atoms with Gasteiger partial charge in [0, 0.05) is 5.56 Å². The minimum atomic E-state index is 0.726. The molecule has 27 heavy (non-hydrogen) atoms. The molecule has 0 radical (unpaired) electrons. The third-order valence-corrected chi connectivity index (χ3v) is 5.16. The zero-order valence-electron chi connectivity index (χ0n) is 16.8. The van der Waals surface area contributed by atoms with E-state index in [2.05, 4.69) is 42.2 Å². The lowest BCUT2D eigenvalue weighted by molar-refractivity contribution is -0.918. The van der Waals surface area contributed by atoms with Crippen molar-refractivity contribution in [3.05, 3.63) is 58.7 Å². The first-order chi connectivity index (χ1) is 13.1. The average Bonchev–Trinajstić information content (AvgIpc) is 2.69. The summed E-state index contributed by atoms with van der Waals surface area (Å²) in [7, 11) is 3.29. The number of piperazine rings is 1. The molecule has 0 amide bonds. The van der Waals surface area contributed by atoms with E-state index in [1.54, 1.807) is 19.1 Å². The monoisotopic (exact) mass is 368 g/mol. The van der Waals surface area contributed by atoms with E-state index >= 15 is 0 Å². The average molecular weight is 369 g/mol. The van der Waals surface area contributed by atoms with Crippen LogP contribution >= 0.6 is 0 Å². The number of nitrogens with one attached hydrogen (secondary N) is 1. The maximum Gasteiger partial charge on any atom is 0.161 e. The molecule has 1 fully saturated rings. The van der Waals surface area contributed by atoms with E-state index in [9.17, 15) is 0 Å². The lowest BCUT2D eigenvalue weighted by atomic mass is 10.1. The summed E-state index contributed by atoms with van der Waals surface area (Å²) in [4.78, 5) is 1.62. The molecule has 0 bridgehead atoms. The lowest BCUT2D eigenvalue weighted by Gasteiger charge is -2.30. The summed E-state index contributed by atoms with van der Waals surface area (Å²) in [6.07, 6.45) is 1.90. The minimum absolute atomic E-state index is 0.726. The van der Waals surface area contributed by atoms with Gasteiger partial charge in [-0.25, -0.2) is 0 Å². The zero-order valence-corrected chi connectivity index (χ0v) is 16.8. The SMILES string of the molecule is COc1ccc(/C=N/N2CC[NH+](Cc3ccc(C)cc3C)CC2)cc1OC. The number of hydrazone groups is 1. The predicted octanol–water partition coefficient (Wildman–Crippen LogP) is 2.06. The van der Waals surface area contributed by atoms with Gasteiger partial charge in [0.05, 0.1) is 46.6 Å². The lowest BCUT2D eigenvalue weighted by Crippen LogP contribution is -3.13. The molecule has 2 aromatic carbocycles. The van der Waals surface area contributed by atoms with Gasteiger partial charge in [-0.1, -0.05) is 23.8 Å². The van der Waals surface area contributed by atoms with E-state index in [1.165, 1.54) is 16.7 Å². The number of rotatable bonds is 6. The Kier molecular flexibility index (Phi) is 6.35. The van der Waals surface area contributed by atoms with Crippen molar-refractivity contribution in [2.45, 2.75) is 20.4 Å². The van der Waals surface area contributed by atoms with Gasteiger partial charge in [-0.3, -0.25) is 5.01 Å². The molecule has 2 aromatic rings. The summed E-state index contributed by atoms with van der Waals surface area (Å²) in [6.45, 7) is 9.63. The van der Waals surface area contributed by atoms with E-state index in [-0.39, 0.29) is 0 Å². The molecule has 1 N–H and O–H groups in total. The quantitative estimate of drug-likeness (QED) is 0.794. The molecular weight excluding hydrogens is 338 g/mol. The molecule has 1 aliphatic heterocycles. The first kappa shape index (κ1) is 19.2. The second-order valence-corrected chi connectivity index (χ2v) is 7.17. The molecule has 1 saturated heterocycles. The summed E-state index contributed by atoms with van der Waals surface area (Å²) >= 11 is 0. The van der Waals surface area contributed by atoms with Crippen molar-refractivity contribution in [1.82, 2.24) is 5.01 Å². The van der Waals surface area contributed by atoms with Gasteiger partial charge >= 0.3 is 0 Å². The van der Waals surface area contributed by atoms with Crippen LogP contribution in [-0.2, 0) is 6.54 Å². The third-order valence-electron chi connectivity index (χ3n) is 5.16. The minimum Gasteiger partial charge on any atom is -0.493 e. The van der Waals surface area contributed by atoms with Gasteiger partial charge in [0.25, 0.3) is 0 Å². The molecule has 0 atom stereocenters. The largest absolute Gasteiger partial charge is 0.493 e. The number of methoxy groups -OCH3 is 2. The fourth-order valence-corrected chi connectivity index (χ4v) is 3.50. The highest BCUT2D eigenvalue weighted by atomic mass is 16.5. The molecular formula is C22H30N3O2+. The second-order valence-electron chi connectivity index (χ2n) is 7.17. The highest BCUT2D eigenvalue weighted by Crippen LogP contribution is 2.26. The Morgan fingerprint density at radius 1 is 1.00 bits per heavy atom. The van der Waals surface area contributed by atoms with E-state index < -0.39 is 0 Å². The smallest absolute Gasteiger partial charge is 0.161 e. The highest BCUT2D eigenvalue weighted by molar-refractivity contribution is 5.80. The molecule has 0 saturated carbocycles. The van der Waals surface area contributed by atoms with Gasteiger partial charge in [0.15, 0.2) is 11.5 Å². The van der Waals surface area contributed by atoms with Crippen LogP contribution in [0.4, 0.5) is 0 Å². The van der Waals surface area contributed by atoms with Gasteiger partial charge in [-0.05, 0) is 43.2 Å². The van der Waals surface area contributed by atoms with Crippen LogP contribution in [-0.4, -0.2) is 51.6 Å². The second kappa shape index (κ2) is 8.91. The van der Waals surface area contributed by atoms with E-state index in [1.807, 2.05) is 24.4 Å². The standard InChI is InChI=1S/C22H29N3O2/c1-17-5-7-20(18(2)13-17)16-24-9-11-25(12-10-24)23-15-19-6-8-21(26-3)22(14-19)27-4/h5-8,13-15H,9-12,16H2,1-4H3/p+1/b23-15+. The Morgan fingerprint density at radius 3 is 2.41 bits per heavy atom. The topological polar surface area (TPSA) is 38.5 Å². The molecule has 1 heterocycles. The van der Waals surface area contributed by atoms with Crippen LogP contribution in [0.25, 0.3) is 0 Å². The van der Waals surface area contributed by atoms with Crippen LogP contribution in [0.2, 0.25) is 0 Å². The molecule has 0 aliphatic carbocycles. The molecule has 1 aliphatic rings. The van der Waals surface area contributed by atoms with Crippen molar-refractivity contribution in [3.63, 3.8) is 0 Å². The van der Waals surface area contributed by atoms with E-state index in [0.717, 1.165) is 49.8 Å². The summed E-state index contributed by atoms with van der Waals surface area (Å²) in [5.41, 5.74) is 5.20. The number of hydrogen-bond acceptors (Lipinski definition) is 4. The van der Waals surface area contributed by atoms with Gasteiger partial charge in [-0.15, -0.1) is 0 Å². The van der Waals surface area contributed by atoms with Crippen LogP contribution in [0.1, 0.15) is 22.3 Å². The fourth-order valence-electron chi connectivity index (χ4n) is 3.50. The molecule has 3 rings (SSSR count). The Morgan fingerprint density at radius 2 is 1.74 bits per heavy atom. The molecule has 0 unspecified atom stereocenters. The van der Waals surface area contributed by atoms with Crippen LogP contribution < -0.4 is 14.4 Å². The van der Waals surface area contributed by atoms with E-state index in [4.69, 9.17) is 9.47 Å². The zero-order chi connectivity index (χ0) is 19.2. The maximum absolute atomic E-state index is 5.35. The number of ether oxygens (including phenoxy) is 2. The number of aryl methyl sites for hydroxylation is 2.